The minimum Gasteiger partial charge on any atom is -0.492 e. The average molecular weight is 243 g/mol. The topological polar surface area (TPSA) is 47.0 Å². The molecule has 0 spiro atoms. The van der Waals surface area contributed by atoms with Crippen LogP contribution in [0.5, 0.6) is 5.75 Å². The zero-order valence-corrected chi connectivity index (χ0v) is 10.4. The Labute approximate surface area is 107 Å². The number of nitrogens with zero attached hydrogens (tertiary/aromatic N) is 2. The van der Waals surface area contributed by atoms with Gasteiger partial charge in [-0.1, -0.05) is 18.2 Å². The van der Waals surface area contributed by atoms with Crippen LogP contribution >= 0.6 is 0 Å². The summed E-state index contributed by atoms with van der Waals surface area (Å²) < 4.78 is 5.59. The molecule has 4 heteroatoms. The van der Waals surface area contributed by atoms with Gasteiger partial charge in [0.05, 0.1) is 5.69 Å². The quantitative estimate of drug-likeness (QED) is 0.790. The SMILES string of the molecule is CC(NCCOc1ccccc1)c1cnccn1. The van der Waals surface area contributed by atoms with Crippen LogP contribution in [-0.2, 0) is 0 Å². The van der Waals surface area contributed by atoms with E-state index >= 15 is 0 Å². The largest absolute Gasteiger partial charge is 0.492 e. The van der Waals surface area contributed by atoms with Crippen LogP contribution in [0.2, 0.25) is 0 Å². The van der Waals surface area contributed by atoms with Crippen LogP contribution in [0.15, 0.2) is 48.9 Å². The lowest BCUT2D eigenvalue weighted by atomic mass is 10.2. The molecular formula is C14H17N3O. The van der Waals surface area contributed by atoms with Gasteiger partial charge in [0.2, 0.25) is 0 Å². The summed E-state index contributed by atoms with van der Waals surface area (Å²) in [6, 6.07) is 9.98. The van der Waals surface area contributed by atoms with Crippen LogP contribution in [0.1, 0.15) is 18.7 Å². The summed E-state index contributed by atoms with van der Waals surface area (Å²) in [5, 5.41) is 3.34. The molecule has 0 fully saturated rings. The van der Waals surface area contributed by atoms with E-state index in [1.165, 1.54) is 0 Å². The smallest absolute Gasteiger partial charge is 0.119 e. The maximum absolute atomic E-state index is 5.59. The molecule has 1 unspecified atom stereocenters. The van der Waals surface area contributed by atoms with E-state index in [9.17, 15) is 0 Å². The lowest BCUT2D eigenvalue weighted by molar-refractivity contribution is 0.307. The van der Waals surface area contributed by atoms with Crippen LogP contribution in [-0.4, -0.2) is 23.1 Å². The fraction of sp³-hybridized carbons (Fsp3) is 0.286. The van der Waals surface area contributed by atoms with Crippen molar-refractivity contribution in [1.29, 1.82) is 0 Å². The summed E-state index contributed by atoms with van der Waals surface area (Å²) in [6.45, 7) is 3.47. The molecule has 1 N–H and O–H groups in total. The Balaban J connectivity index is 1.70. The summed E-state index contributed by atoms with van der Waals surface area (Å²) in [4.78, 5) is 8.30. The summed E-state index contributed by atoms with van der Waals surface area (Å²) >= 11 is 0. The number of aromatic nitrogens is 2. The van der Waals surface area contributed by atoms with Gasteiger partial charge in [0.15, 0.2) is 0 Å². The number of hydrogen-bond donors (Lipinski definition) is 1. The highest BCUT2D eigenvalue weighted by Crippen LogP contribution is 2.08. The number of ether oxygens (including phenoxy) is 1. The first-order valence-corrected chi connectivity index (χ1v) is 6.03. The molecule has 1 aromatic heterocycles. The van der Waals surface area contributed by atoms with Gasteiger partial charge in [0, 0.05) is 31.2 Å². The van der Waals surface area contributed by atoms with Crippen molar-refractivity contribution in [3.8, 4) is 5.75 Å². The summed E-state index contributed by atoms with van der Waals surface area (Å²) in [5.41, 5.74) is 0.942. The van der Waals surface area contributed by atoms with Crippen LogP contribution in [0.3, 0.4) is 0 Å². The molecule has 0 aliphatic rings. The van der Waals surface area contributed by atoms with Gasteiger partial charge in [-0.25, -0.2) is 0 Å². The molecule has 1 heterocycles. The third-order valence-electron chi connectivity index (χ3n) is 2.59. The molecule has 0 aliphatic carbocycles. The van der Waals surface area contributed by atoms with Gasteiger partial charge < -0.3 is 10.1 Å². The molecule has 94 valence electrons. The molecule has 0 radical (unpaired) electrons. The van der Waals surface area contributed by atoms with Crippen molar-refractivity contribution >= 4 is 0 Å². The number of para-hydroxylation sites is 1. The van der Waals surface area contributed by atoms with Crippen molar-refractivity contribution in [3.05, 3.63) is 54.6 Å². The highest BCUT2D eigenvalue weighted by Gasteiger charge is 2.04. The molecule has 0 saturated carbocycles. The van der Waals surface area contributed by atoms with Crippen LogP contribution in [0, 0.1) is 0 Å². The van der Waals surface area contributed by atoms with Crippen molar-refractivity contribution in [2.24, 2.45) is 0 Å². The first-order valence-electron chi connectivity index (χ1n) is 6.03. The van der Waals surface area contributed by atoms with E-state index in [1.807, 2.05) is 30.3 Å². The van der Waals surface area contributed by atoms with Crippen LogP contribution in [0.4, 0.5) is 0 Å². The molecule has 2 aromatic rings. The molecule has 4 nitrogen and oxygen atoms in total. The monoisotopic (exact) mass is 243 g/mol. The lowest BCUT2D eigenvalue weighted by Gasteiger charge is -2.13. The molecular weight excluding hydrogens is 226 g/mol. The fourth-order valence-corrected chi connectivity index (χ4v) is 1.60. The van der Waals surface area contributed by atoms with Gasteiger partial charge in [-0.2, -0.15) is 0 Å². The average Bonchev–Trinajstić information content (AvgIpc) is 2.45. The fourth-order valence-electron chi connectivity index (χ4n) is 1.60. The second-order valence-electron chi connectivity index (χ2n) is 3.97. The normalized spacial score (nSPS) is 12.1. The first kappa shape index (κ1) is 12.5. The maximum atomic E-state index is 5.59. The highest BCUT2D eigenvalue weighted by atomic mass is 16.5. The van der Waals surface area contributed by atoms with Gasteiger partial charge in [-0.15, -0.1) is 0 Å². The van der Waals surface area contributed by atoms with E-state index in [2.05, 4.69) is 22.2 Å². The molecule has 0 bridgehead atoms. The van der Waals surface area contributed by atoms with E-state index in [1.54, 1.807) is 18.6 Å². The molecule has 1 aromatic carbocycles. The Hall–Kier alpha value is -1.94. The number of nitrogens with one attached hydrogen (secondary N) is 1. The Kier molecular flexibility index (Phi) is 4.67. The lowest BCUT2D eigenvalue weighted by Crippen LogP contribution is -2.25. The molecule has 1 atom stereocenters. The zero-order valence-electron chi connectivity index (χ0n) is 10.4. The third-order valence-corrected chi connectivity index (χ3v) is 2.59. The summed E-state index contributed by atoms with van der Waals surface area (Å²) in [7, 11) is 0. The predicted molar refractivity (Wildman–Crippen MR) is 70.4 cm³/mol. The standard InChI is InChI=1S/C14H17N3O/c1-12(14-11-15-7-8-17-14)16-9-10-18-13-5-3-2-4-6-13/h2-8,11-12,16H,9-10H2,1H3. The second kappa shape index (κ2) is 6.71. The van der Waals surface area contributed by atoms with E-state index in [0.717, 1.165) is 18.0 Å². The van der Waals surface area contributed by atoms with Crippen molar-refractivity contribution in [3.63, 3.8) is 0 Å². The Morgan fingerprint density at radius 1 is 1.22 bits per heavy atom. The van der Waals surface area contributed by atoms with Gasteiger partial charge in [-0.3, -0.25) is 9.97 Å². The van der Waals surface area contributed by atoms with E-state index < -0.39 is 0 Å². The van der Waals surface area contributed by atoms with E-state index in [4.69, 9.17) is 4.74 Å². The second-order valence-corrected chi connectivity index (χ2v) is 3.97. The van der Waals surface area contributed by atoms with Gasteiger partial charge in [0.1, 0.15) is 12.4 Å². The molecule has 0 amide bonds. The van der Waals surface area contributed by atoms with Crippen LogP contribution < -0.4 is 10.1 Å². The van der Waals surface area contributed by atoms with Crippen molar-refractivity contribution in [2.75, 3.05) is 13.2 Å². The summed E-state index contributed by atoms with van der Waals surface area (Å²) in [5.74, 6) is 0.895. The van der Waals surface area contributed by atoms with Gasteiger partial charge in [-0.05, 0) is 19.1 Å². The Morgan fingerprint density at radius 2 is 2.06 bits per heavy atom. The highest BCUT2D eigenvalue weighted by molar-refractivity contribution is 5.20. The third kappa shape index (κ3) is 3.82. The van der Waals surface area contributed by atoms with Crippen LogP contribution in [0.25, 0.3) is 0 Å². The molecule has 0 aliphatic heterocycles. The minimum atomic E-state index is 0.179. The Morgan fingerprint density at radius 3 is 2.78 bits per heavy atom. The van der Waals surface area contributed by atoms with E-state index in [-0.39, 0.29) is 6.04 Å². The van der Waals surface area contributed by atoms with Crippen molar-refractivity contribution < 1.29 is 4.74 Å². The minimum absolute atomic E-state index is 0.179. The number of benzene rings is 1. The maximum Gasteiger partial charge on any atom is 0.119 e. The molecule has 18 heavy (non-hydrogen) atoms. The molecule has 0 saturated heterocycles. The zero-order chi connectivity index (χ0) is 12.6. The number of hydrogen-bond acceptors (Lipinski definition) is 4. The molecule has 2 rings (SSSR count). The predicted octanol–water partition coefficient (Wildman–Crippen LogP) is 2.21. The first-order chi connectivity index (χ1) is 8.86. The van der Waals surface area contributed by atoms with Gasteiger partial charge >= 0.3 is 0 Å². The van der Waals surface area contributed by atoms with E-state index in [0.29, 0.717) is 6.61 Å². The summed E-state index contributed by atoms with van der Waals surface area (Å²) in [6.07, 6.45) is 5.15. The van der Waals surface area contributed by atoms with Gasteiger partial charge in [0.25, 0.3) is 0 Å². The van der Waals surface area contributed by atoms with Crippen molar-refractivity contribution in [2.45, 2.75) is 13.0 Å². The van der Waals surface area contributed by atoms with Crippen molar-refractivity contribution in [1.82, 2.24) is 15.3 Å². The number of rotatable bonds is 6. The Bertz CT molecular complexity index is 447.